The predicted molar refractivity (Wildman–Crippen MR) is 72.1 cm³/mol. The van der Waals surface area contributed by atoms with Gasteiger partial charge in [0.15, 0.2) is 0 Å². The second-order valence-corrected chi connectivity index (χ2v) is 4.80. The van der Waals surface area contributed by atoms with Gasteiger partial charge >= 0.3 is 0 Å². The minimum Gasteiger partial charge on any atom is -0.342 e. The summed E-state index contributed by atoms with van der Waals surface area (Å²) in [5.74, 6) is 0.840. The van der Waals surface area contributed by atoms with Crippen LogP contribution in [0.5, 0.6) is 0 Å². The number of piperidine rings is 1. The minimum absolute atomic E-state index is 0.0317. The fourth-order valence-corrected chi connectivity index (χ4v) is 2.63. The zero-order chi connectivity index (χ0) is 12.5. The van der Waals surface area contributed by atoms with Gasteiger partial charge in [0.05, 0.1) is 11.0 Å². The van der Waals surface area contributed by atoms with E-state index in [1.54, 1.807) is 11.5 Å². The molecule has 4 nitrogen and oxygen atoms in total. The SMILES string of the molecule is CC(=O)n1c(N2CCCCC2)nc2ccccc21. The fraction of sp³-hybridized carbons (Fsp3) is 0.429. The number of para-hydroxylation sites is 2. The first-order chi connectivity index (χ1) is 8.77. The molecule has 1 aliphatic rings. The van der Waals surface area contributed by atoms with Gasteiger partial charge in [-0.3, -0.25) is 4.79 Å². The first-order valence-electron chi connectivity index (χ1n) is 6.51. The van der Waals surface area contributed by atoms with Crippen LogP contribution < -0.4 is 4.90 Å². The lowest BCUT2D eigenvalue weighted by Gasteiger charge is -2.27. The summed E-state index contributed by atoms with van der Waals surface area (Å²) in [5.41, 5.74) is 1.80. The third-order valence-electron chi connectivity index (χ3n) is 3.50. The normalized spacial score (nSPS) is 16.2. The van der Waals surface area contributed by atoms with Crippen molar-refractivity contribution >= 4 is 22.9 Å². The smallest absolute Gasteiger partial charge is 0.230 e. The van der Waals surface area contributed by atoms with Crippen molar-refractivity contribution in [2.75, 3.05) is 18.0 Å². The summed E-state index contributed by atoms with van der Waals surface area (Å²) >= 11 is 0. The fourth-order valence-electron chi connectivity index (χ4n) is 2.63. The molecule has 4 heteroatoms. The van der Waals surface area contributed by atoms with Crippen LogP contribution in [0.3, 0.4) is 0 Å². The van der Waals surface area contributed by atoms with Crippen LogP contribution in [0.4, 0.5) is 5.95 Å². The zero-order valence-electron chi connectivity index (χ0n) is 10.6. The number of fused-ring (bicyclic) bond motifs is 1. The van der Waals surface area contributed by atoms with E-state index in [0.29, 0.717) is 0 Å². The molecule has 94 valence electrons. The van der Waals surface area contributed by atoms with Gasteiger partial charge in [-0.05, 0) is 31.4 Å². The van der Waals surface area contributed by atoms with Gasteiger partial charge in [0, 0.05) is 20.0 Å². The first-order valence-corrected chi connectivity index (χ1v) is 6.51. The van der Waals surface area contributed by atoms with E-state index in [2.05, 4.69) is 9.88 Å². The maximum atomic E-state index is 11.9. The van der Waals surface area contributed by atoms with Crippen LogP contribution in [0.1, 0.15) is 31.0 Å². The molecule has 1 aromatic heterocycles. The first kappa shape index (κ1) is 11.3. The average Bonchev–Trinajstić information content (AvgIpc) is 2.79. The van der Waals surface area contributed by atoms with Crippen LogP contribution in [0.15, 0.2) is 24.3 Å². The molecule has 3 rings (SSSR count). The molecule has 0 bridgehead atoms. The molecule has 18 heavy (non-hydrogen) atoms. The van der Waals surface area contributed by atoms with E-state index in [1.807, 2.05) is 24.3 Å². The lowest BCUT2D eigenvalue weighted by atomic mass is 10.1. The number of rotatable bonds is 1. The van der Waals surface area contributed by atoms with Gasteiger partial charge in [0.25, 0.3) is 0 Å². The molecule has 1 fully saturated rings. The number of imidazole rings is 1. The van der Waals surface area contributed by atoms with Crippen molar-refractivity contribution in [3.63, 3.8) is 0 Å². The van der Waals surface area contributed by atoms with Crippen LogP contribution in [-0.2, 0) is 0 Å². The molecule has 0 unspecified atom stereocenters. The molecular formula is C14H17N3O. The van der Waals surface area contributed by atoms with Crippen molar-refractivity contribution in [3.05, 3.63) is 24.3 Å². The number of hydrogen-bond donors (Lipinski definition) is 0. The van der Waals surface area contributed by atoms with Gasteiger partial charge in [-0.1, -0.05) is 12.1 Å². The Balaban J connectivity index is 2.14. The molecule has 2 heterocycles. The van der Waals surface area contributed by atoms with Crippen LogP contribution in [0.2, 0.25) is 0 Å². The number of nitrogens with zero attached hydrogens (tertiary/aromatic N) is 3. The Labute approximate surface area is 106 Å². The van der Waals surface area contributed by atoms with Crippen LogP contribution >= 0.6 is 0 Å². The highest BCUT2D eigenvalue weighted by Crippen LogP contribution is 2.24. The summed E-state index contributed by atoms with van der Waals surface area (Å²) in [4.78, 5) is 18.7. The maximum Gasteiger partial charge on any atom is 0.230 e. The second kappa shape index (κ2) is 4.44. The van der Waals surface area contributed by atoms with Gasteiger partial charge in [-0.15, -0.1) is 0 Å². The number of aromatic nitrogens is 2. The molecule has 1 saturated heterocycles. The van der Waals surface area contributed by atoms with Gasteiger partial charge in [0.2, 0.25) is 11.9 Å². The Morgan fingerprint density at radius 3 is 2.61 bits per heavy atom. The summed E-state index contributed by atoms with van der Waals surface area (Å²) in [6.45, 7) is 3.59. The Hall–Kier alpha value is -1.84. The molecule has 1 aliphatic heterocycles. The van der Waals surface area contributed by atoms with Crippen molar-refractivity contribution < 1.29 is 4.79 Å². The molecular weight excluding hydrogens is 226 g/mol. The van der Waals surface area contributed by atoms with Crippen molar-refractivity contribution in [2.24, 2.45) is 0 Å². The average molecular weight is 243 g/mol. The third-order valence-corrected chi connectivity index (χ3v) is 3.50. The lowest BCUT2D eigenvalue weighted by Crippen LogP contribution is -2.32. The molecule has 2 aromatic rings. The number of carbonyl (C=O) groups excluding carboxylic acids is 1. The zero-order valence-corrected chi connectivity index (χ0v) is 10.6. The highest BCUT2D eigenvalue weighted by Gasteiger charge is 2.20. The van der Waals surface area contributed by atoms with E-state index in [1.165, 1.54) is 19.3 Å². The van der Waals surface area contributed by atoms with Gasteiger partial charge in [-0.2, -0.15) is 0 Å². The van der Waals surface area contributed by atoms with E-state index in [9.17, 15) is 4.79 Å². The standard InChI is InChI=1S/C14H17N3O/c1-11(18)17-13-8-4-3-7-12(13)15-14(17)16-9-5-2-6-10-16/h3-4,7-8H,2,5-6,9-10H2,1H3. The number of anilines is 1. The summed E-state index contributed by atoms with van der Waals surface area (Å²) in [6, 6.07) is 7.82. The van der Waals surface area contributed by atoms with Crippen LogP contribution in [0, 0.1) is 0 Å². The monoisotopic (exact) mass is 243 g/mol. The van der Waals surface area contributed by atoms with Crippen molar-refractivity contribution in [1.82, 2.24) is 9.55 Å². The number of carbonyl (C=O) groups is 1. The second-order valence-electron chi connectivity index (χ2n) is 4.80. The molecule has 0 aliphatic carbocycles. The summed E-state index contributed by atoms with van der Waals surface area (Å²) in [5, 5.41) is 0. The molecule has 0 radical (unpaired) electrons. The number of hydrogen-bond acceptors (Lipinski definition) is 3. The molecule has 0 atom stereocenters. The van der Waals surface area contributed by atoms with E-state index in [4.69, 9.17) is 0 Å². The summed E-state index contributed by atoms with van der Waals surface area (Å²) in [7, 11) is 0. The Bertz CT molecular complexity index is 582. The van der Waals surface area contributed by atoms with Crippen LogP contribution in [0.25, 0.3) is 11.0 Å². The summed E-state index contributed by atoms with van der Waals surface area (Å²) in [6.07, 6.45) is 3.64. The van der Waals surface area contributed by atoms with Gasteiger partial charge < -0.3 is 4.90 Å². The highest BCUT2D eigenvalue weighted by molar-refractivity contribution is 5.92. The third kappa shape index (κ3) is 1.78. The summed E-state index contributed by atoms with van der Waals surface area (Å²) < 4.78 is 1.74. The largest absolute Gasteiger partial charge is 0.342 e. The Kier molecular flexibility index (Phi) is 2.78. The maximum absolute atomic E-state index is 11.9. The van der Waals surface area contributed by atoms with Crippen molar-refractivity contribution in [2.45, 2.75) is 26.2 Å². The Morgan fingerprint density at radius 2 is 1.89 bits per heavy atom. The molecule has 0 spiro atoms. The number of benzene rings is 1. The van der Waals surface area contributed by atoms with Gasteiger partial charge in [0.1, 0.15) is 0 Å². The quantitative estimate of drug-likeness (QED) is 0.773. The molecule has 0 amide bonds. The lowest BCUT2D eigenvalue weighted by molar-refractivity contribution is 0.0942. The van der Waals surface area contributed by atoms with Crippen LogP contribution in [-0.4, -0.2) is 28.5 Å². The van der Waals surface area contributed by atoms with Crippen molar-refractivity contribution in [3.8, 4) is 0 Å². The molecule has 0 N–H and O–H groups in total. The van der Waals surface area contributed by atoms with E-state index in [-0.39, 0.29) is 5.91 Å². The van der Waals surface area contributed by atoms with Gasteiger partial charge in [-0.25, -0.2) is 9.55 Å². The van der Waals surface area contributed by atoms with E-state index < -0.39 is 0 Å². The van der Waals surface area contributed by atoms with E-state index in [0.717, 1.165) is 30.1 Å². The topological polar surface area (TPSA) is 38.1 Å². The van der Waals surface area contributed by atoms with E-state index >= 15 is 0 Å². The molecule has 0 saturated carbocycles. The van der Waals surface area contributed by atoms with Crippen molar-refractivity contribution in [1.29, 1.82) is 0 Å². The highest BCUT2D eigenvalue weighted by atomic mass is 16.2. The Morgan fingerprint density at radius 1 is 1.17 bits per heavy atom. The molecule has 1 aromatic carbocycles. The minimum atomic E-state index is 0.0317. The predicted octanol–water partition coefficient (Wildman–Crippen LogP) is 2.69.